The molecule has 118 valence electrons. The Balaban J connectivity index is 2.14. The fourth-order valence-corrected chi connectivity index (χ4v) is 2.63. The van der Waals surface area contributed by atoms with Gasteiger partial charge in [0.05, 0.1) is 11.1 Å². The molecule has 0 aliphatic rings. The first kappa shape index (κ1) is 16.8. The van der Waals surface area contributed by atoms with Crippen LogP contribution in [0.2, 0.25) is 5.02 Å². The molecule has 0 bridgehead atoms. The van der Waals surface area contributed by atoms with Gasteiger partial charge in [-0.1, -0.05) is 29.8 Å². The molecule has 1 unspecified atom stereocenters. The third kappa shape index (κ3) is 4.46. The van der Waals surface area contributed by atoms with Crippen LogP contribution in [0.5, 0.6) is 5.75 Å². The molecule has 2 aromatic rings. The van der Waals surface area contributed by atoms with Crippen molar-refractivity contribution < 1.29 is 9.13 Å². The minimum Gasteiger partial charge on any atom is -0.489 e. The average Bonchev–Trinajstić information content (AvgIpc) is 2.48. The second-order valence-corrected chi connectivity index (χ2v) is 6.03. The van der Waals surface area contributed by atoms with Crippen LogP contribution in [0, 0.1) is 5.82 Å². The number of hydrogen-bond donors (Lipinski definition) is 1. The molecule has 2 nitrogen and oxygen atoms in total. The van der Waals surface area contributed by atoms with E-state index >= 15 is 0 Å². The Morgan fingerprint density at radius 3 is 2.36 bits per heavy atom. The van der Waals surface area contributed by atoms with Gasteiger partial charge in [0.15, 0.2) is 0 Å². The van der Waals surface area contributed by atoms with Gasteiger partial charge in [-0.15, -0.1) is 0 Å². The molecule has 0 fully saturated rings. The second kappa shape index (κ2) is 7.61. The van der Waals surface area contributed by atoms with Gasteiger partial charge in [-0.2, -0.15) is 0 Å². The summed E-state index contributed by atoms with van der Waals surface area (Å²) in [5.74, 6) is 0.581. The summed E-state index contributed by atoms with van der Waals surface area (Å²) in [6.07, 6.45) is 0.837. The summed E-state index contributed by atoms with van der Waals surface area (Å²) < 4.78 is 18.7. The molecule has 4 heteroatoms. The molecule has 1 atom stereocenters. The highest BCUT2D eigenvalue weighted by Gasteiger charge is 2.13. The summed E-state index contributed by atoms with van der Waals surface area (Å²) in [7, 11) is 0. The van der Waals surface area contributed by atoms with Gasteiger partial charge in [-0.3, -0.25) is 0 Å². The van der Waals surface area contributed by atoms with Crippen LogP contribution >= 0.6 is 11.6 Å². The normalized spacial score (nSPS) is 12.5. The van der Waals surface area contributed by atoms with Crippen LogP contribution in [0.15, 0.2) is 42.5 Å². The van der Waals surface area contributed by atoms with E-state index in [9.17, 15) is 4.39 Å². The summed E-state index contributed by atoms with van der Waals surface area (Å²) >= 11 is 6.26. The molecular weight excluding hydrogens is 301 g/mol. The monoisotopic (exact) mass is 321 g/mol. The van der Waals surface area contributed by atoms with Gasteiger partial charge in [0.2, 0.25) is 0 Å². The van der Waals surface area contributed by atoms with Gasteiger partial charge >= 0.3 is 0 Å². The van der Waals surface area contributed by atoms with Crippen molar-refractivity contribution in [2.45, 2.75) is 32.3 Å². The Morgan fingerprint density at radius 1 is 1.14 bits per heavy atom. The fourth-order valence-electron chi connectivity index (χ4n) is 2.38. The molecule has 0 aromatic heterocycles. The van der Waals surface area contributed by atoms with Crippen LogP contribution in [0.3, 0.4) is 0 Å². The molecular formula is C18H21ClFNO. The van der Waals surface area contributed by atoms with Crippen LogP contribution in [0.4, 0.5) is 4.39 Å². The summed E-state index contributed by atoms with van der Waals surface area (Å²) in [6.45, 7) is 4.42. The van der Waals surface area contributed by atoms with Gasteiger partial charge in [0, 0.05) is 5.92 Å². The Bertz CT molecular complexity index is 613. The molecule has 0 radical (unpaired) electrons. The Labute approximate surface area is 136 Å². The summed E-state index contributed by atoms with van der Waals surface area (Å²) in [5.41, 5.74) is 7.99. The Kier molecular flexibility index (Phi) is 5.81. The maximum Gasteiger partial charge on any atom is 0.138 e. The first-order valence-corrected chi connectivity index (χ1v) is 7.78. The number of nitrogens with two attached hydrogens (primary N) is 1. The van der Waals surface area contributed by atoms with Crippen molar-refractivity contribution >= 4 is 11.6 Å². The quantitative estimate of drug-likeness (QED) is 0.847. The van der Waals surface area contributed by atoms with Gasteiger partial charge in [-0.05, 0) is 62.2 Å². The molecule has 22 heavy (non-hydrogen) atoms. The lowest BCUT2D eigenvalue weighted by Gasteiger charge is -2.17. The van der Waals surface area contributed by atoms with E-state index in [0.29, 0.717) is 17.3 Å². The molecule has 2 N–H and O–H groups in total. The van der Waals surface area contributed by atoms with Crippen molar-refractivity contribution in [3.8, 4) is 5.75 Å². The van der Waals surface area contributed by atoms with Crippen molar-refractivity contribution in [2.75, 3.05) is 6.54 Å². The number of hydrogen-bond acceptors (Lipinski definition) is 2. The van der Waals surface area contributed by atoms with E-state index in [2.05, 4.69) is 0 Å². The molecule has 0 heterocycles. The predicted molar refractivity (Wildman–Crippen MR) is 89.1 cm³/mol. The molecule has 0 aliphatic carbocycles. The van der Waals surface area contributed by atoms with E-state index in [1.807, 2.05) is 32.0 Å². The lowest BCUT2D eigenvalue weighted by molar-refractivity contribution is 0.242. The number of rotatable bonds is 6. The number of halogens is 2. The highest BCUT2D eigenvalue weighted by molar-refractivity contribution is 6.32. The van der Waals surface area contributed by atoms with Gasteiger partial charge in [0.25, 0.3) is 0 Å². The zero-order valence-electron chi connectivity index (χ0n) is 12.9. The predicted octanol–water partition coefficient (Wildman–Crippen LogP) is 4.55. The number of ether oxygens (including phenoxy) is 1. The van der Waals surface area contributed by atoms with Gasteiger partial charge < -0.3 is 10.5 Å². The van der Waals surface area contributed by atoms with Crippen molar-refractivity contribution in [1.29, 1.82) is 0 Å². The lowest BCUT2D eigenvalue weighted by atomic mass is 9.92. The summed E-state index contributed by atoms with van der Waals surface area (Å²) in [5, 5.41) is 0.598. The topological polar surface area (TPSA) is 35.2 Å². The Morgan fingerprint density at radius 2 is 1.82 bits per heavy atom. The van der Waals surface area contributed by atoms with E-state index in [4.69, 9.17) is 22.1 Å². The Hall–Kier alpha value is -1.58. The molecule has 0 saturated heterocycles. The van der Waals surface area contributed by atoms with E-state index in [-0.39, 0.29) is 17.8 Å². The minimum absolute atomic E-state index is 0.0827. The summed E-state index contributed by atoms with van der Waals surface area (Å²) in [6, 6.07) is 12.3. The standard InChI is InChI=1S/C18H21ClFNO/c1-12(2)22-18-8-3-13(10-17(18)19)9-15(11-21)14-4-6-16(20)7-5-14/h3-8,10,12,15H,9,11,21H2,1-2H3. The van der Waals surface area contributed by atoms with Gasteiger partial charge in [-0.25, -0.2) is 4.39 Å². The van der Waals surface area contributed by atoms with E-state index in [0.717, 1.165) is 17.5 Å². The summed E-state index contributed by atoms with van der Waals surface area (Å²) in [4.78, 5) is 0. The highest BCUT2D eigenvalue weighted by atomic mass is 35.5. The van der Waals surface area contributed by atoms with Crippen LogP contribution < -0.4 is 10.5 Å². The van der Waals surface area contributed by atoms with Crippen molar-refractivity contribution in [3.63, 3.8) is 0 Å². The average molecular weight is 322 g/mol. The van der Waals surface area contributed by atoms with E-state index in [1.165, 1.54) is 12.1 Å². The largest absolute Gasteiger partial charge is 0.489 e. The third-order valence-corrected chi connectivity index (χ3v) is 3.76. The first-order valence-electron chi connectivity index (χ1n) is 7.40. The maximum absolute atomic E-state index is 13.0. The van der Waals surface area contributed by atoms with Crippen molar-refractivity contribution in [2.24, 2.45) is 5.73 Å². The van der Waals surface area contributed by atoms with Crippen LogP contribution in [-0.2, 0) is 6.42 Å². The fraction of sp³-hybridized carbons (Fsp3) is 0.333. The zero-order chi connectivity index (χ0) is 16.1. The molecule has 0 aliphatic heterocycles. The molecule has 0 saturated carbocycles. The van der Waals surface area contributed by atoms with Crippen LogP contribution in [0.1, 0.15) is 30.9 Å². The minimum atomic E-state index is -0.238. The molecule has 2 rings (SSSR count). The van der Waals surface area contributed by atoms with Crippen LogP contribution in [-0.4, -0.2) is 12.6 Å². The molecule has 0 amide bonds. The highest BCUT2D eigenvalue weighted by Crippen LogP contribution is 2.29. The van der Waals surface area contributed by atoms with Gasteiger partial charge in [0.1, 0.15) is 11.6 Å². The molecule has 0 spiro atoms. The lowest BCUT2D eigenvalue weighted by Crippen LogP contribution is -2.15. The first-order chi connectivity index (χ1) is 10.5. The van der Waals surface area contributed by atoms with Crippen molar-refractivity contribution in [1.82, 2.24) is 0 Å². The smallest absolute Gasteiger partial charge is 0.138 e. The maximum atomic E-state index is 13.0. The van der Waals surface area contributed by atoms with E-state index < -0.39 is 0 Å². The third-order valence-electron chi connectivity index (χ3n) is 3.47. The van der Waals surface area contributed by atoms with Crippen LogP contribution in [0.25, 0.3) is 0 Å². The number of benzene rings is 2. The second-order valence-electron chi connectivity index (χ2n) is 5.62. The SMILES string of the molecule is CC(C)Oc1ccc(CC(CN)c2ccc(F)cc2)cc1Cl. The van der Waals surface area contributed by atoms with Crippen molar-refractivity contribution in [3.05, 3.63) is 64.4 Å². The zero-order valence-corrected chi connectivity index (χ0v) is 13.6. The molecule has 2 aromatic carbocycles. The van der Waals surface area contributed by atoms with E-state index in [1.54, 1.807) is 12.1 Å².